The molecule has 8 heteroatoms. The van der Waals surface area contributed by atoms with Crippen molar-refractivity contribution in [2.45, 2.75) is 43.8 Å². The van der Waals surface area contributed by atoms with E-state index >= 15 is 0 Å². The maximum Gasteiger partial charge on any atom is 0.244 e. The largest absolute Gasteiger partial charge is 0.493 e. The van der Waals surface area contributed by atoms with Gasteiger partial charge < -0.3 is 14.4 Å². The number of aryl methyl sites for hydroxylation is 1. The van der Waals surface area contributed by atoms with Gasteiger partial charge in [0.05, 0.1) is 19.1 Å². The van der Waals surface area contributed by atoms with E-state index in [1.165, 1.54) is 4.31 Å². The molecule has 0 aliphatic carbocycles. The normalized spacial score (nSPS) is 17.8. The third-order valence-electron chi connectivity index (χ3n) is 7.15. The molecular formula is C28H30N2O5S. The zero-order valence-corrected chi connectivity index (χ0v) is 21.5. The number of hydrogen-bond donors (Lipinski definition) is 0. The zero-order valence-electron chi connectivity index (χ0n) is 20.7. The molecule has 188 valence electrons. The van der Waals surface area contributed by atoms with E-state index in [-0.39, 0.29) is 17.3 Å². The van der Waals surface area contributed by atoms with E-state index in [0.29, 0.717) is 37.4 Å². The molecular weight excluding hydrogens is 476 g/mol. The molecule has 2 heterocycles. The number of carbonyl (C=O) groups excluding carboxylic acids is 1. The van der Waals surface area contributed by atoms with Crippen molar-refractivity contribution in [2.75, 3.05) is 20.8 Å². The average molecular weight is 507 g/mol. The lowest BCUT2D eigenvalue weighted by Crippen LogP contribution is -2.54. The highest BCUT2D eigenvalue weighted by molar-refractivity contribution is 7.89. The molecule has 0 aromatic heterocycles. The highest BCUT2D eigenvalue weighted by Crippen LogP contribution is 2.35. The Morgan fingerprint density at radius 1 is 0.861 bits per heavy atom. The van der Waals surface area contributed by atoms with Gasteiger partial charge in [-0.2, -0.15) is 4.31 Å². The first kappa shape index (κ1) is 24.3. The van der Waals surface area contributed by atoms with Gasteiger partial charge in [-0.3, -0.25) is 4.79 Å². The van der Waals surface area contributed by atoms with Gasteiger partial charge in [-0.25, -0.2) is 8.42 Å². The van der Waals surface area contributed by atoms with Crippen LogP contribution in [-0.2, 0) is 40.7 Å². The number of methoxy groups -OCH3 is 2. The topological polar surface area (TPSA) is 76.2 Å². The highest BCUT2D eigenvalue weighted by atomic mass is 32.2. The Morgan fingerprint density at radius 2 is 1.50 bits per heavy atom. The number of nitrogens with zero attached hydrogens (tertiary/aromatic N) is 2. The van der Waals surface area contributed by atoms with Crippen LogP contribution in [-0.4, -0.2) is 50.3 Å². The second-order valence-electron chi connectivity index (χ2n) is 9.34. The fourth-order valence-corrected chi connectivity index (χ4v) is 6.65. The summed E-state index contributed by atoms with van der Waals surface area (Å²) < 4.78 is 39.8. The Bertz CT molecular complexity index is 1400. The van der Waals surface area contributed by atoms with Crippen molar-refractivity contribution in [3.05, 3.63) is 88.5 Å². The summed E-state index contributed by atoms with van der Waals surface area (Å²) in [5.41, 5.74) is 5.00. The van der Waals surface area contributed by atoms with Crippen molar-refractivity contribution in [3.8, 4) is 11.5 Å². The second kappa shape index (κ2) is 9.59. The van der Waals surface area contributed by atoms with Gasteiger partial charge in [0.1, 0.15) is 6.04 Å². The fourth-order valence-electron chi connectivity index (χ4n) is 5.09. The van der Waals surface area contributed by atoms with Gasteiger partial charge >= 0.3 is 0 Å². The molecule has 3 aromatic carbocycles. The number of amides is 1. The minimum absolute atomic E-state index is 0.165. The van der Waals surface area contributed by atoms with Crippen LogP contribution in [0.4, 0.5) is 0 Å². The summed E-state index contributed by atoms with van der Waals surface area (Å²) in [6.07, 6.45) is 1.00. The summed E-state index contributed by atoms with van der Waals surface area (Å²) in [5.74, 6) is 1.09. The minimum Gasteiger partial charge on any atom is -0.493 e. The summed E-state index contributed by atoms with van der Waals surface area (Å²) >= 11 is 0. The predicted octanol–water partition coefficient (Wildman–Crippen LogP) is 3.71. The second-order valence-corrected chi connectivity index (χ2v) is 11.2. The van der Waals surface area contributed by atoms with Crippen molar-refractivity contribution in [2.24, 2.45) is 0 Å². The lowest BCUT2D eigenvalue weighted by Gasteiger charge is -2.39. The fraction of sp³-hybridized carbons (Fsp3) is 0.321. The van der Waals surface area contributed by atoms with Crippen LogP contribution in [0.1, 0.15) is 27.8 Å². The maximum atomic E-state index is 14.0. The Hall–Kier alpha value is -3.36. The monoisotopic (exact) mass is 506 g/mol. The summed E-state index contributed by atoms with van der Waals surface area (Å²) in [6, 6.07) is 17.6. The van der Waals surface area contributed by atoms with Crippen molar-refractivity contribution in [3.63, 3.8) is 0 Å². The molecule has 2 aliphatic heterocycles. The molecule has 1 amide bonds. The molecule has 7 nitrogen and oxygen atoms in total. The van der Waals surface area contributed by atoms with Gasteiger partial charge in [0.25, 0.3) is 0 Å². The third kappa shape index (κ3) is 4.35. The highest BCUT2D eigenvalue weighted by Gasteiger charge is 2.41. The molecule has 0 N–H and O–H groups in total. The number of benzene rings is 3. The van der Waals surface area contributed by atoms with Crippen molar-refractivity contribution < 1.29 is 22.7 Å². The Kier molecular flexibility index (Phi) is 6.49. The molecule has 2 aliphatic rings. The van der Waals surface area contributed by atoms with E-state index in [0.717, 1.165) is 27.8 Å². The smallest absolute Gasteiger partial charge is 0.244 e. The number of hydrogen-bond acceptors (Lipinski definition) is 5. The average Bonchev–Trinajstić information content (AvgIpc) is 2.91. The number of sulfonamides is 1. The van der Waals surface area contributed by atoms with Crippen LogP contribution in [0.15, 0.2) is 65.6 Å². The van der Waals surface area contributed by atoms with E-state index in [9.17, 15) is 13.2 Å². The summed E-state index contributed by atoms with van der Waals surface area (Å²) in [4.78, 5) is 15.9. The Balaban J connectivity index is 1.49. The molecule has 5 rings (SSSR count). The van der Waals surface area contributed by atoms with Gasteiger partial charge in [-0.05, 0) is 66.3 Å². The molecule has 1 unspecified atom stereocenters. The number of ether oxygens (including phenoxy) is 2. The molecule has 0 spiro atoms. The van der Waals surface area contributed by atoms with Crippen LogP contribution in [0.25, 0.3) is 0 Å². The Morgan fingerprint density at radius 3 is 2.17 bits per heavy atom. The van der Waals surface area contributed by atoms with Gasteiger partial charge in [-0.15, -0.1) is 0 Å². The summed E-state index contributed by atoms with van der Waals surface area (Å²) in [5, 5.41) is 0. The number of fused-ring (bicyclic) bond motifs is 2. The first-order valence-corrected chi connectivity index (χ1v) is 13.4. The lowest BCUT2D eigenvalue weighted by molar-refractivity contribution is -0.136. The van der Waals surface area contributed by atoms with Crippen LogP contribution < -0.4 is 9.47 Å². The third-order valence-corrected chi connectivity index (χ3v) is 9.02. The van der Waals surface area contributed by atoms with E-state index in [4.69, 9.17) is 9.47 Å². The first-order chi connectivity index (χ1) is 17.3. The SMILES string of the molecule is COc1cc2c(cc1OC)CN(C(=O)C1Cc3ccccc3CN1S(=O)(=O)c1ccc(C)cc1)CC2. The quantitative estimate of drug-likeness (QED) is 0.527. The predicted molar refractivity (Wildman–Crippen MR) is 137 cm³/mol. The molecule has 0 radical (unpaired) electrons. The standard InChI is InChI=1S/C28H30N2O5S/c1-19-8-10-24(11-9-19)36(32,33)30-18-22-7-5-4-6-20(22)14-25(30)28(31)29-13-12-21-15-26(34-2)27(35-3)16-23(21)17-29/h4-11,15-16,25H,12-14,17-18H2,1-3H3. The molecule has 1 atom stereocenters. The van der Waals surface area contributed by atoms with Crippen LogP contribution in [0, 0.1) is 6.92 Å². The molecule has 0 fully saturated rings. The van der Waals surface area contributed by atoms with Crippen LogP contribution >= 0.6 is 0 Å². The first-order valence-electron chi connectivity index (χ1n) is 12.0. The molecule has 0 bridgehead atoms. The van der Waals surface area contributed by atoms with Gasteiger partial charge in [0, 0.05) is 19.6 Å². The maximum absolute atomic E-state index is 14.0. The van der Waals surface area contributed by atoms with Gasteiger partial charge in [0.15, 0.2) is 11.5 Å². The van der Waals surface area contributed by atoms with Crippen LogP contribution in [0.5, 0.6) is 11.5 Å². The summed E-state index contributed by atoms with van der Waals surface area (Å²) in [7, 11) is -0.695. The van der Waals surface area contributed by atoms with Crippen LogP contribution in [0.2, 0.25) is 0 Å². The minimum atomic E-state index is -3.89. The van der Waals surface area contributed by atoms with Crippen molar-refractivity contribution in [1.29, 1.82) is 0 Å². The zero-order chi connectivity index (χ0) is 25.4. The van der Waals surface area contributed by atoms with Crippen molar-refractivity contribution in [1.82, 2.24) is 9.21 Å². The van der Waals surface area contributed by atoms with Crippen LogP contribution in [0.3, 0.4) is 0 Å². The van der Waals surface area contributed by atoms with E-state index in [2.05, 4.69) is 0 Å². The number of carbonyl (C=O) groups is 1. The molecule has 0 saturated heterocycles. The molecule has 0 saturated carbocycles. The summed E-state index contributed by atoms with van der Waals surface area (Å²) in [6.45, 7) is 2.99. The van der Waals surface area contributed by atoms with Gasteiger partial charge in [0.2, 0.25) is 15.9 Å². The van der Waals surface area contributed by atoms with Gasteiger partial charge in [-0.1, -0.05) is 42.0 Å². The number of rotatable bonds is 5. The van der Waals surface area contributed by atoms with E-state index in [1.807, 2.05) is 43.3 Å². The van der Waals surface area contributed by atoms with E-state index < -0.39 is 16.1 Å². The Labute approximate surface area is 212 Å². The van der Waals surface area contributed by atoms with Crippen molar-refractivity contribution >= 4 is 15.9 Å². The van der Waals surface area contributed by atoms with E-state index in [1.54, 1.807) is 43.4 Å². The molecule has 36 heavy (non-hydrogen) atoms. The molecule has 3 aromatic rings. The lowest BCUT2D eigenvalue weighted by atomic mass is 9.93.